The highest BCUT2D eigenvalue weighted by atomic mass is 79.9. The van der Waals surface area contributed by atoms with Crippen molar-refractivity contribution in [2.75, 3.05) is 11.5 Å². The molecule has 7 heteroatoms. The van der Waals surface area contributed by atoms with Crippen LogP contribution in [0.2, 0.25) is 0 Å². The molecular weight excluding hydrogens is 326 g/mol. The van der Waals surface area contributed by atoms with Crippen LogP contribution in [-0.2, 0) is 4.79 Å². The van der Waals surface area contributed by atoms with Crippen LogP contribution in [0.1, 0.15) is 16.1 Å². The Morgan fingerprint density at radius 1 is 1.53 bits per heavy atom. The molecule has 2 N–H and O–H groups in total. The first-order chi connectivity index (χ1) is 8.05. The highest BCUT2D eigenvalue weighted by Crippen LogP contribution is 2.30. The van der Waals surface area contributed by atoms with Crippen LogP contribution in [0.5, 0.6) is 0 Å². The van der Waals surface area contributed by atoms with Gasteiger partial charge in [0.2, 0.25) is 0 Å². The summed E-state index contributed by atoms with van der Waals surface area (Å²) in [5.41, 5.74) is -1.11. The summed E-state index contributed by atoms with van der Waals surface area (Å²) in [6.07, 6.45) is 0.474. The smallest absolute Gasteiger partial charge is 0.330 e. The van der Waals surface area contributed by atoms with Gasteiger partial charge in [0.1, 0.15) is 10.4 Å². The summed E-state index contributed by atoms with van der Waals surface area (Å²) >= 11 is 6.11. The molecule has 0 radical (unpaired) electrons. The van der Waals surface area contributed by atoms with Crippen molar-refractivity contribution in [3.8, 4) is 0 Å². The van der Waals surface area contributed by atoms with E-state index >= 15 is 0 Å². The van der Waals surface area contributed by atoms with Crippen LogP contribution in [0, 0.1) is 0 Å². The van der Waals surface area contributed by atoms with E-state index in [1.165, 1.54) is 11.3 Å². The van der Waals surface area contributed by atoms with Gasteiger partial charge >= 0.3 is 5.97 Å². The van der Waals surface area contributed by atoms with E-state index in [1.807, 2.05) is 0 Å². The average Bonchev–Trinajstić information content (AvgIpc) is 2.87. The van der Waals surface area contributed by atoms with Gasteiger partial charge in [0.15, 0.2) is 0 Å². The van der Waals surface area contributed by atoms with Crippen molar-refractivity contribution in [3.05, 3.63) is 20.8 Å². The van der Waals surface area contributed by atoms with Crippen molar-refractivity contribution in [1.29, 1.82) is 0 Å². The lowest BCUT2D eigenvalue weighted by Crippen LogP contribution is -2.54. The van der Waals surface area contributed by atoms with E-state index in [2.05, 4.69) is 21.2 Å². The van der Waals surface area contributed by atoms with Crippen LogP contribution in [-0.4, -0.2) is 34.0 Å². The molecular formula is C10H10BrNO3S2. The minimum absolute atomic E-state index is 0.322. The molecule has 0 unspecified atom stereocenters. The molecule has 2 heterocycles. The Balaban J connectivity index is 2.17. The highest BCUT2D eigenvalue weighted by Gasteiger charge is 2.43. The normalized spacial score (nSPS) is 23.6. The van der Waals surface area contributed by atoms with Crippen LogP contribution in [0.3, 0.4) is 0 Å². The Labute approximate surface area is 115 Å². The second kappa shape index (κ2) is 4.99. The van der Waals surface area contributed by atoms with E-state index in [0.29, 0.717) is 21.5 Å². The van der Waals surface area contributed by atoms with Gasteiger partial charge < -0.3 is 10.4 Å². The lowest BCUT2D eigenvalue weighted by molar-refractivity contribution is -0.143. The van der Waals surface area contributed by atoms with Crippen molar-refractivity contribution in [1.82, 2.24) is 5.32 Å². The molecule has 1 amide bonds. The van der Waals surface area contributed by atoms with Gasteiger partial charge in [-0.1, -0.05) is 0 Å². The second-order valence-electron chi connectivity index (χ2n) is 3.74. The van der Waals surface area contributed by atoms with Crippen LogP contribution in [0.15, 0.2) is 15.9 Å². The molecule has 1 aliphatic rings. The Bertz CT molecular complexity index is 454. The van der Waals surface area contributed by atoms with Gasteiger partial charge in [-0.2, -0.15) is 11.8 Å². The molecule has 1 saturated heterocycles. The van der Waals surface area contributed by atoms with Crippen molar-refractivity contribution in [2.24, 2.45) is 0 Å². The minimum Gasteiger partial charge on any atom is -0.479 e. The number of carbonyl (C=O) groups excluding carboxylic acids is 1. The van der Waals surface area contributed by atoms with Gasteiger partial charge in [0, 0.05) is 10.2 Å². The van der Waals surface area contributed by atoms with E-state index < -0.39 is 11.5 Å². The zero-order valence-electron chi connectivity index (χ0n) is 8.73. The number of halogens is 1. The minimum atomic E-state index is -1.11. The molecule has 1 aromatic heterocycles. The Morgan fingerprint density at radius 3 is 2.76 bits per heavy atom. The summed E-state index contributed by atoms with van der Waals surface area (Å²) in [6, 6.07) is 1.77. The first-order valence-electron chi connectivity index (χ1n) is 4.92. The standard InChI is InChI=1S/C10H10BrNO3S2/c11-6-1-3-17-7(6)8(13)12-10(9(14)15)2-4-16-5-10/h1,3H,2,4-5H2,(H,12,13)(H,14,15)/t10-/m0/s1. The number of rotatable bonds is 3. The van der Waals surface area contributed by atoms with Gasteiger partial charge in [-0.3, -0.25) is 4.79 Å². The third kappa shape index (κ3) is 2.51. The lowest BCUT2D eigenvalue weighted by Gasteiger charge is -2.24. The molecule has 1 aliphatic heterocycles. The van der Waals surface area contributed by atoms with Crippen LogP contribution < -0.4 is 5.32 Å². The maximum Gasteiger partial charge on any atom is 0.330 e. The first-order valence-corrected chi connectivity index (χ1v) is 7.74. The maximum atomic E-state index is 12.0. The fraction of sp³-hybridized carbons (Fsp3) is 0.400. The molecule has 1 fully saturated rings. The van der Waals surface area contributed by atoms with Gasteiger partial charge in [0.05, 0.1) is 0 Å². The zero-order valence-corrected chi connectivity index (χ0v) is 12.0. The average molecular weight is 336 g/mol. The van der Waals surface area contributed by atoms with Crippen molar-refractivity contribution in [3.63, 3.8) is 0 Å². The van der Waals surface area contributed by atoms with E-state index in [1.54, 1.807) is 23.2 Å². The quantitative estimate of drug-likeness (QED) is 0.888. The van der Waals surface area contributed by atoms with Crippen molar-refractivity contribution >= 4 is 50.9 Å². The van der Waals surface area contributed by atoms with Gasteiger partial charge in [0.25, 0.3) is 5.91 Å². The molecule has 0 aromatic carbocycles. The number of carbonyl (C=O) groups is 2. The largest absolute Gasteiger partial charge is 0.479 e. The van der Waals surface area contributed by atoms with E-state index in [0.717, 1.165) is 5.75 Å². The van der Waals surface area contributed by atoms with Gasteiger partial charge in [-0.25, -0.2) is 4.79 Å². The maximum absolute atomic E-state index is 12.0. The second-order valence-corrected chi connectivity index (χ2v) is 6.62. The van der Waals surface area contributed by atoms with Crippen molar-refractivity contribution < 1.29 is 14.7 Å². The summed E-state index contributed by atoms with van der Waals surface area (Å²) < 4.78 is 0.700. The number of nitrogens with one attached hydrogen (secondary N) is 1. The molecule has 2 rings (SSSR count). The molecule has 0 saturated carbocycles. The summed E-state index contributed by atoms with van der Waals surface area (Å²) in [5.74, 6) is -0.0878. The number of hydrogen-bond acceptors (Lipinski definition) is 4. The number of aliphatic carboxylic acids is 1. The van der Waals surface area contributed by atoms with Crippen LogP contribution >= 0.6 is 39.0 Å². The first kappa shape index (κ1) is 12.9. The third-order valence-corrected chi connectivity index (χ3v) is 5.63. The molecule has 0 spiro atoms. The highest BCUT2D eigenvalue weighted by molar-refractivity contribution is 9.10. The molecule has 1 atom stereocenters. The van der Waals surface area contributed by atoms with Crippen LogP contribution in [0.4, 0.5) is 0 Å². The summed E-state index contributed by atoms with van der Waals surface area (Å²) in [6.45, 7) is 0. The van der Waals surface area contributed by atoms with E-state index in [9.17, 15) is 14.7 Å². The van der Waals surface area contributed by atoms with E-state index in [-0.39, 0.29) is 5.91 Å². The number of carboxylic acid groups (broad SMARTS) is 1. The molecule has 4 nitrogen and oxygen atoms in total. The molecule has 17 heavy (non-hydrogen) atoms. The Kier molecular flexibility index (Phi) is 3.79. The Hall–Kier alpha value is -0.530. The number of amides is 1. The monoisotopic (exact) mass is 335 g/mol. The Morgan fingerprint density at radius 2 is 2.29 bits per heavy atom. The summed E-state index contributed by atoms with van der Waals surface area (Å²) in [4.78, 5) is 23.8. The molecule has 1 aromatic rings. The molecule has 92 valence electrons. The zero-order chi connectivity index (χ0) is 12.5. The number of carboxylic acids is 1. The fourth-order valence-electron chi connectivity index (χ4n) is 1.62. The fourth-order valence-corrected chi connectivity index (χ4v) is 4.39. The number of thioether (sulfide) groups is 1. The van der Waals surface area contributed by atoms with Crippen molar-refractivity contribution in [2.45, 2.75) is 12.0 Å². The van der Waals surface area contributed by atoms with E-state index in [4.69, 9.17) is 0 Å². The number of thiophene rings is 1. The topological polar surface area (TPSA) is 66.4 Å². The lowest BCUT2D eigenvalue weighted by atomic mass is 9.99. The van der Waals surface area contributed by atoms with Crippen LogP contribution in [0.25, 0.3) is 0 Å². The summed E-state index contributed by atoms with van der Waals surface area (Å²) in [7, 11) is 0. The predicted molar refractivity (Wildman–Crippen MR) is 71.8 cm³/mol. The third-order valence-electron chi connectivity index (χ3n) is 2.61. The van der Waals surface area contributed by atoms with Gasteiger partial charge in [-0.15, -0.1) is 11.3 Å². The summed E-state index contributed by atoms with van der Waals surface area (Å²) in [5, 5.41) is 13.7. The number of hydrogen-bond donors (Lipinski definition) is 2. The SMILES string of the molecule is O=C(N[C@@]1(C(=O)O)CCSC1)c1sccc1Br. The molecule has 0 bridgehead atoms. The van der Waals surface area contributed by atoms with Gasteiger partial charge in [-0.05, 0) is 39.6 Å². The molecule has 0 aliphatic carbocycles. The predicted octanol–water partition coefficient (Wildman–Crippen LogP) is 2.20.